The van der Waals surface area contributed by atoms with Crippen molar-refractivity contribution in [3.8, 4) is 6.07 Å². The first-order valence-corrected chi connectivity index (χ1v) is 12.7. The Hall–Kier alpha value is -2.58. The summed E-state index contributed by atoms with van der Waals surface area (Å²) in [6, 6.07) is 9.86. The number of hydrogen-bond donors (Lipinski definition) is 2. The lowest BCUT2D eigenvalue weighted by molar-refractivity contribution is 0.122. The van der Waals surface area contributed by atoms with Crippen LogP contribution < -0.4 is 14.9 Å². The lowest BCUT2D eigenvalue weighted by atomic mass is 9.91. The van der Waals surface area contributed by atoms with Gasteiger partial charge < -0.3 is 15.0 Å². The van der Waals surface area contributed by atoms with Crippen molar-refractivity contribution in [1.29, 1.82) is 5.26 Å². The molecule has 2 N–H and O–H groups in total. The molecule has 2 aliphatic rings. The topological polar surface area (TPSA) is 107 Å². The summed E-state index contributed by atoms with van der Waals surface area (Å²) >= 11 is 0. The third kappa shape index (κ3) is 6.06. The molecule has 4 rings (SSSR count). The predicted molar refractivity (Wildman–Crippen MR) is 122 cm³/mol. The molecule has 10 heteroatoms. The molecule has 33 heavy (non-hydrogen) atoms. The van der Waals surface area contributed by atoms with Gasteiger partial charge >= 0.3 is 0 Å². The summed E-state index contributed by atoms with van der Waals surface area (Å²) in [5, 5.41) is 12.4. The van der Waals surface area contributed by atoms with Gasteiger partial charge in [0.05, 0.1) is 18.8 Å². The average molecular weight is 474 g/mol. The van der Waals surface area contributed by atoms with Gasteiger partial charge in [0.25, 0.3) is 0 Å². The molecule has 0 bridgehead atoms. The van der Waals surface area contributed by atoms with Crippen molar-refractivity contribution < 1.29 is 17.5 Å². The van der Waals surface area contributed by atoms with Gasteiger partial charge in [-0.15, -0.1) is 0 Å². The van der Waals surface area contributed by atoms with Crippen LogP contribution >= 0.6 is 0 Å². The lowest BCUT2D eigenvalue weighted by Gasteiger charge is -2.30. The minimum atomic E-state index is -3.63. The van der Waals surface area contributed by atoms with Gasteiger partial charge in [0.1, 0.15) is 22.6 Å². The molecule has 2 fully saturated rings. The monoisotopic (exact) mass is 473 g/mol. The maximum atomic E-state index is 13.5. The van der Waals surface area contributed by atoms with Gasteiger partial charge in [0.2, 0.25) is 10.0 Å². The van der Waals surface area contributed by atoms with Crippen LogP contribution in [0.4, 0.5) is 10.2 Å². The molecule has 0 spiro atoms. The number of rotatable bonds is 7. The average Bonchev–Trinajstić information content (AvgIpc) is 2.85. The number of benzene rings is 1. The number of halogens is 1. The normalized spacial score (nSPS) is 21.5. The third-order valence-corrected chi connectivity index (χ3v) is 7.67. The fraction of sp³-hybridized carbons (Fsp3) is 0.478. The van der Waals surface area contributed by atoms with Crippen LogP contribution in [0.15, 0.2) is 41.4 Å². The molecule has 1 saturated carbocycles. The van der Waals surface area contributed by atoms with Crippen molar-refractivity contribution in [3.05, 3.63) is 53.5 Å². The fourth-order valence-corrected chi connectivity index (χ4v) is 5.49. The number of pyridine rings is 1. The molecule has 0 unspecified atom stereocenters. The zero-order valence-electron chi connectivity index (χ0n) is 18.3. The molecule has 1 saturated heterocycles. The summed E-state index contributed by atoms with van der Waals surface area (Å²) in [5.41, 5.74) is 0.892. The van der Waals surface area contributed by atoms with Crippen LogP contribution in [0.3, 0.4) is 0 Å². The predicted octanol–water partition coefficient (Wildman–Crippen LogP) is 2.31. The molecule has 1 aromatic heterocycles. The standard InChI is InChI=1S/C23H28FN5O3S/c24-22-7-1-17(13-18(22)14-25)15-26-19-2-4-20(5-3-19)28-33(30,31)21-6-8-23(27-16-21)29-9-11-32-12-10-29/h1,6-8,13,16,19-20,26,28H,2-5,9-12,15H2/t19-,20-. The highest BCUT2D eigenvalue weighted by Crippen LogP contribution is 2.22. The van der Waals surface area contributed by atoms with Crippen LogP contribution in [0, 0.1) is 17.1 Å². The summed E-state index contributed by atoms with van der Waals surface area (Å²) in [4.78, 5) is 6.59. The Kier molecular flexibility index (Phi) is 7.55. The van der Waals surface area contributed by atoms with E-state index in [9.17, 15) is 12.8 Å². The molecule has 2 heterocycles. The number of sulfonamides is 1. The maximum Gasteiger partial charge on any atom is 0.242 e. The maximum absolute atomic E-state index is 13.5. The van der Waals surface area contributed by atoms with Crippen LogP contribution in [-0.2, 0) is 21.3 Å². The van der Waals surface area contributed by atoms with Gasteiger partial charge in [-0.25, -0.2) is 22.5 Å². The Balaban J connectivity index is 1.26. The van der Waals surface area contributed by atoms with Gasteiger partial charge in [-0.1, -0.05) is 6.07 Å². The number of ether oxygens (including phenoxy) is 1. The van der Waals surface area contributed by atoms with Gasteiger partial charge in [0.15, 0.2) is 0 Å². The highest BCUT2D eigenvalue weighted by Gasteiger charge is 2.26. The molecule has 1 aromatic carbocycles. The van der Waals surface area contributed by atoms with E-state index in [0.29, 0.717) is 19.8 Å². The zero-order chi connectivity index (χ0) is 23.3. The second kappa shape index (κ2) is 10.6. The summed E-state index contributed by atoms with van der Waals surface area (Å²) < 4.78 is 47.2. The van der Waals surface area contributed by atoms with E-state index in [2.05, 4.69) is 19.9 Å². The van der Waals surface area contributed by atoms with Gasteiger partial charge in [0, 0.05) is 37.9 Å². The number of nitrogens with zero attached hydrogens (tertiary/aromatic N) is 3. The Labute approximate surface area is 193 Å². The van der Waals surface area contributed by atoms with E-state index in [1.54, 1.807) is 24.3 Å². The first-order chi connectivity index (χ1) is 15.9. The summed E-state index contributed by atoms with van der Waals surface area (Å²) in [6.45, 7) is 3.32. The van der Waals surface area contributed by atoms with Crippen molar-refractivity contribution >= 4 is 15.8 Å². The van der Waals surface area contributed by atoms with Crippen LogP contribution in [0.25, 0.3) is 0 Å². The third-order valence-electron chi connectivity index (χ3n) is 6.16. The number of nitrogens with one attached hydrogen (secondary N) is 2. The number of anilines is 1. The van der Waals surface area contributed by atoms with Crippen molar-refractivity contribution in [1.82, 2.24) is 15.0 Å². The van der Waals surface area contributed by atoms with Gasteiger partial charge in [-0.3, -0.25) is 0 Å². The van der Waals surface area contributed by atoms with E-state index in [1.165, 1.54) is 12.3 Å². The molecular formula is C23H28FN5O3S. The highest BCUT2D eigenvalue weighted by molar-refractivity contribution is 7.89. The Morgan fingerprint density at radius 2 is 1.85 bits per heavy atom. The molecule has 0 atom stereocenters. The Morgan fingerprint density at radius 1 is 1.12 bits per heavy atom. The molecule has 176 valence electrons. The van der Waals surface area contributed by atoms with E-state index in [1.807, 2.05) is 6.07 Å². The molecule has 0 amide bonds. The Bertz CT molecular complexity index is 1090. The molecular weight excluding hydrogens is 445 g/mol. The van der Waals surface area contributed by atoms with Crippen LogP contribution in [0.2, 0.25) is 0 Å². The number of nitriles is 1. The van der Waals surface area contributed by atoms with Gasteiger partial charge in [-0.2, -0.15) is 5.26 Å². The van der Waals surface area contributed by atoms with E-state index in [0.717, 1.165) is 50.2 Å². The van der Waals surface area contributed by atoms with Crippen LogP contribution in [0.1, 0.15) is 36.8 Å². The van der Waals surface area contributed by atoms with E-state index in [-0.39, 0.29) is 22.5 Å². The first kappa shape index (κ1) is 23.6. The van der Waals surface area contributed by atoms with Gasteiger partial charge in [-0.05, 0) is 55.5 Å². The number of morpholine rings is 1. The zero-order valence-corrected chi connectivity index (χ0v) is 19.2. The quantitative estimate of drug-likeness (QED) is 0.635. The molecule has 1 aliphatic heterocycles. The minimum absolute atomic E-state index is 0.0416. The molecule has 8 nitrogen and oxygen atoms in total. The molecule has 2 aromatic rings. The Morgan fingerprint density at radius 3 is 2.52 bits per heavy atom. The van der Waals surface area contributed by atoms with Crippen molar-refractivity contribution in [2.24, 2.45) is 0 Å². The van der Waals surface area contributed by atoms with Crippen LogP contribution in [-0.4, -0.2) is 51.8 Å². The van der Waals surface area contributed by atoms with E-state index >= 15 is 0 Å². The van der Waals surface area contributed by atoms with Crippen molar-refractivity contribution in [2.45, 2.75) is 49.2 Å². The summed E-state index contributed by atoms with van der Waals surface area (Å²) in [6.07, 6.45) is 4.52. The number of aromatic nitrogens is 1. The highest BCUT2D eigenvalue weighted by atomic mass is 32.2. The molecule has 0 radical (unpaired) electrons. The second-order valence-electron chi connectivity index (χ2n) is 8.43. The SMILES string of the molecule is N#Cc1cc(CN[C@H]2CC[C@H](NS(=O)(=O)c3ccc(N4CCOCC4)nc3)CC2)ccc1F. The molecule has 1 aliphatic carbocycles. The number of hydrogen-bond acceptors (Lipinski definition) is 7. The van der Waals surface area contributed by atoms with Crippen molar-refractivity contribution in [2.75, 3.05) is 31.2 Å². The smallest absolute Gasteiger partial charge is 0.242 e. The second-order valence-corrected chi connectivity index (χ2v) is 10.1. The minimum Gasteiger partial charge on any atom is -0.378 e. The largest absolute Gasteiger partial charge is 0.378 e. The first-order valence-electron chi connectivity index (χ1n) is 11.2. The lowest BCUT2D eigenvalue weighted by Crippen LogP contribution is -2.42. The van der Waals surface area contributed by atoms with E-state index < -0.39 is 15.8 Å². The summed E-state index contributed by atoms with van der Waals surface area (Å²) in [7, 11) is -3.63. The summed E-state index contributed by atoms with van der Waals surface area (Å²) in [5.74, 6) is 0.242. The van der Waals surface area contributed by atoms with Crippen molar-refractivity contribution in [3.63, 3.8) is 0 Å². The van der Waals surface area contributed by atoms with E-state index in [4.69, 9.17) is 10.00 Å². The fourth-order valence-electron chi connectivity index (χ4n) is 4.24. The van der Waals surface area contributed by atoms with Crippen LogP contribution in [0.5, 0.6) is 0 Å².